The Hall–Kier alpha value is -3.08. The van der Waals surface area contributed by atoms with Crippen LogP contribution in [0.25, 0.3) is 0 Å². The molecule has 0 fully saturated rings. The molecule has 0 aliphatic carbocycles. The summed E-state index contributed by atoms with van der Waals surface area (Å²) in [6, 6.07) is 8.00. The number of H-pyrrole nitrogens is 1. The molecule has 0 bridgehead atoms. The van der Waals surface area contributed by atoms with Gasteiger partial charge in [-0.2, -0.15) is 0 Å². The zero-order chi connectivity index (χ0) is 16.8. The van der Waals surface area contributed by atoms with E-state index in [1.807, 2.05) is 6.92 Å². The standard InChI is InChI=1S/C18H17NO4/c1-4-12(3)22-14-9-13(18(21)16-7-6-8-19-16)10-15(11-14)23-17(20)5-2/h4-12,19H,1-2H2,3H3. The van der Waals surface area contributed by atoms with Gasteiger partial charge in [-0.1, -0.05) is 19.2 Å². The summed E-state index contributed by atoms with van der Waals surface area (Å²) in [4.78, 5) is 26.7. The first-order valence-corrected chi connectivity index (χ1v) is 7.00. The van der Waals surface area contributed by atoms with Gasteiger partial charge in [-0.3, -0.25) is 4.79 Å². The van der Waals surface area contributed by atoms with E-state index < -0.39 is 5.97 Å². The fraction of sp³-hybridized carbons (Fsp3) is 0.111. The van der Waals surface area contributed by atoms with E-state index in [0.717, 1.165) is 6.08 Å². The van der Waals surface area contributed by atoms with E-state index in [1.54, 1.807) is 30.5 Å². The molecule has 1 unspecified atom stereocenters. The molecule has 0 saturated carbocycles. The number of esters is 1. The summed E-state index contributed by atoms with van der Waals surface area (Å²) in [7, 11) is 0. The predicted octanol–water partition coefficient (Wildman–Crippen LogP) is 3.29. The molecule has 2 rings (SSSR count). The lowest BCUT2D eigenvalue weighted by Gasteiger charge is -2.13. The maximum absolute atomic E-state index is 12.5. The average molecular weight is 311 g/mol. The quantitative estimate of drug-likeness (QED) is 0.280. The van der Waals surface area contributed by atoms with Gasteiger partial charge in [0.15, 0.2) is 0 Å². The molecule has 23 heavy (non-hydrogen) atoms. The van der Waals surface area contributed by atoms with Gasteiger partial charge in [0.1, 0.15) is 17.6 Å². The molecule has 5 heteroatoms. The number of carbonyl (C=O) groups excluding carboxylic acids is 2. The van der Waals surface area contributed by atoms with Gasteiger partial charge in [-0.15, -0.1) is 0 Å². The van der Waals surface area contributed by atoms with Crippen molar-refractivity contribution in [3.8, 4) is 11.5 Å². The van der Waals surface area contributed by atoms with Crippen molar-refractivity contribution in [2.45, 2.75) is 13.0 Å². The summed E-state index contributed by atoms with van der Waals surface area (Å²) in [5.41, 5.74) is 0.771. The highest BCUT2D eigenvalue weighted by Gasteiger charge is 2.15. The maximum Gasteiger partial charge on any atom is 0.335 e. The monoisotopic (exact) mass is 311 g/mol. The summed E-state index contributed by atoms with van der Waals surface area (Å²) in [6.45, 7) is 8.80. The summed E-state index contributed by atoms with van der Waals surface area (Å²) >= 11 is 0. The topological polar surface area (TPSA) is 68.4 Å². The van der Waals surface area contributed by atoms with Crippen molar-refractivity contribution in [3.05, 3.63) is 73.1 Å². The molecule has 0 amide bonds. The molecule has 5 nitrogen and oxygen atoms in total. The first-order valence-electron chi connectivity index (χ1n) is 7.00. The first-order chi connectivity index (χ1) is 11.0. The maximum atomic E-state index is 12.5. The summed E-state index contributed by atoms with van der Waals surface area (Å²) in [6.07, 6.45) is 4.07. The van der Waals surface area contributed by atoms with Crippen molar-refractivity contribution in [1.82, 2.24) is 4.98 Å². The number of carbonyl (C=O) groups is 2. The highest BCUT2D eigenvalue weighted by atomic mass is 16.5. The molecule has 1 aromatic heterocycles. The van der Waals surface area contributed by atoms with E-state index in [2.05, 4.69) is 18.1 Å². The molecule has 118 valence electrons. The third-order valence-corrected chi connectivity index (χ3v) is 3.02. The third-order valence-electron chi connectivity index (χ3n) is 3.02. The Bertz CT molecular complexity index is 731. The van der Waals surface area contributed by atoms with Gasteiger partial charge in [0.05, 0.1) is 5.69 Å². The minimum Gasteiger partial charge on any atom is -0.487 e. The third kappa shape index (κ3) is 4.20. The number of ketones is 1. The molecule has 0 aliphatic heterocycles. The summed E-state index contributed by atoms with van der Waals surface area (Å²) < 4.78 is 10.7. The molecule has 0 saturated heterocycles. The van der Waals surface area contributed by atoms with Crippen molar-refractivity contribution < 1.29 is 19.1 Å². The number of nitrogens with one attached hydrogen (secondary N) is 1. The van der Waals surface area contributed by atoms with Crippen LogP contribution in [-0.2, 0) is 4.79 Å². The molecule has 1 heterocycles. The molecule has 0 aliphatic rings. The Labute approximate surface area is 134 Å². The Morgan fingerprint density at radius 1 is 1.22 bits per heavy atom. The molecular formula is C18H17NO4. The molecule has 1 aromatic carbocycles. The van der Waals surface area contributed by atoms with Crippen LogP contribution in [-0.4, -0.2) is 22.8 Å². The van der Waals surface area contributed by atoms with Gasteiger partial charge in [0.2, 0.25) is 5.78 Å². The number of hydrogen-bond acceptors (Lipinski definition) is 4. The molecule has 1 N–H and O–H groups in total. The van der Waals surface area contributed by atoms with Crippen molar-refractivity contribution >= 4 is 11.8 Å². The fourth-order valence-corrected chi connectivity index (χ4v) is 1.88. The number of ether oxygens (including phenoxy) is 2. The van der Waals surface area contributed by atoms with Crippen LogP contribution in [0, 0.1) is 0 Å². The van der Waals surface area contributed by atoms with Crippen LogP contribution >= 0.6 is 0 Å². The minimum absolute atomic E-state index is 0.207. The normalized spacial score (nSPS) is 11.3. The zero-order valence-corrected chi connectivity index (χ0v) is 12.7. The zero-order valence-electron chi connectivity index (χ0n) is 12.7. The second kappa shape index (κ2) is 7.26. The largest absolute Gasteiger partial charge is 0.487 e. The predicted molar refractivity (Wildman–Crippen MR) is 86.8 cm³/mol. The van der Waals surface area contributed by atoms with E-state index >= 15 is 0 Å². The lowest BCUT2D eigenvalue weighted by Crippen LogP contribution is -2.10. The number of aromatic amines is 1. The second-order valence-corrected chi connectivity index (χ2v) is 4.79. The number of rotatable bonds is 7. The van der Waals surface area contributed by atoms with E-state index in [4.69, 9.17) is 9.47 Å². The van der Waals surface area contributed by atoms with Crippen molar-refractivity contribution in [1.29, 1.82) is 0 Å². The van der Waals surface area contributed by atoms with Crippen molar-refractivity contribution in [2.24, 2.45) is 0 Å². The second-order valence-electron chi connectivity index (χ2n) is 4.79. The van der Waals surface area contributed by atoms with Gasteiger partial charge < -0.3 is 14.5 Å². The van der Waals surface area contributed by atoms with Crippen LogP contribution in [0.5, 0.6) is 11.5 Å². The Balaban J connectivity index is 2.39. The number of benzene rings is 1. The first kappa shape index (κ1) is 16.3. The van der Waals surface area contributed by atoms with E-state index in [9.17, 15) is 9.59 Å². The van der Waals surface area contributed by atoms with Crippen LogP contribution in [0.15, 0.2) is 61.8 Å². The van der Waals surface area contributed by atoms with Crippen molar-refractivity contribution in [2.75, 3.05) is 0 Å². The molecule has 0 radical (unpaired) electrons. The van der Waals surface area contributed by atoms with Gasteiger partial charge in [0.25, 0.3) is 0 Å². The minimum atomic E-state index is -0.614. The van der Waals surface area contributed by atoms with Crippen LogP contribution in [0.3, 0.4) is 0 Å². The highest BCUT2D eigenvalue weighted by molar-refractivity contribution is 6.08. The number of hydrogen-bond donors (Lipinski definition) is 1. The van der Waals surface area contributed by atoms with E-state index in [-0.39, 0.29) is 17.6 Å². The Morgan fingerprint density at radius 2 is 1.96 bits per heavy atom. The smallest absolute Gasteiger partial charge is 0.335 e. The summed E-state index contributed by atoms with van der Waals surface area (Å²) in [5.74, 6) is -0.236. The van der Waals surface area contributed by atoms with Gasteiger partial charge in [-0.05, 0) is 31.2 Å². The molecule has 0 spiro atoms. The number of aromatic nitrogens is 1. The van der Waals surface area contributed by atoms with Crippen LogP contribution in [0.1, 0.15) is 23.0 Å². The fourth-order valence-electron chi connectivity index (χ4n) is 1.88. The molecular weight excluding hydrogens is 294 g/mol. The SMILES string of the molecule is C=CC(=O)Oc1cc(OC(C)C=C)cc(C(=O)c2ccc[nH]2)c1. The molecule has 1 atom stereocenters. The van der Waals surface area contributed by atoms with Crippen molar-refractivity contribution in [3.63, 3.8) is 0 Å². The van der Waals surface area contributed by atoms with Gasteiger partial charge >= 0.3 is 5.97 Å². The average Bonchev–Trinajstić information content (AvgIpc) is 3.08. The van der Waals surface area contributed by atoms with E-state index in [1.165, 1.54) is 12.1 Å². The highest BCUT2D eigenvalue weighted by Crippen LogP contribution is 2.25. The Kier molecular flexibility index (Phi) is 5.15. The van der Waals surface area contributed by atoms with E-state index in [0.29, 0.717) is 17.0 Å². The van der Waals surface area contributed by atoms with Gasteiger partial charge in [-0.25, -0.2) is 4.79 Å². The van der Waals surface area contributed by atoms with Crippen LogP contribution < -0.4 is 9.47 Å². The molecule has 2 aromatic rings. The lowest BCUT2D eigenvalue weighted by atomic mass is 10.1. The van der Waals surface area contributed by atoms with Crippen LogP contribution in [0.4, 0.5) is 0 Å². The lowest BCUT2D eigenvalue weighted by molar-refractivity contribution is -0.128. The Morgan fingerprint density at radius 3 is 2.57 bits per heavy atom. The van der Waals surface area contributed by atoms with Gasteiger partial charge in [0, 0.05) is 23.9 Å². The summed E-state index contributed by atoms with van der Waals surface area (Å²) in [5, 5.41) is 0. The van der Waals surface area contributed by atoms with Crippen LogP contribution in [0.2, 0.25) is 0 Å².